The highest BCUT2D eigenvalue weighted by Gasteiger charge is 2.19. The molecule has 0 aromatic rings. The lowest BCUT2D eigenvalue weighted by atomic mass is 10.0. The fourth-order valence-corrected chi connectivity index (χ4v) is 9.40. The van der Waals surface area contributed by atoms with Gasteiger partial charge in [0.1, 0.15) is 13.2 Å². The van der Waals surface area contributed by atoms with Gasteiger partial charge in [0.05, 0.1) is 0 Å². The minimum absolute atomic E-state index is 0.102. The highest BCUT2D eigenvalue weighted by Crippen LogP contribution is 2.17. The molecule has 0 fully saturated rings. The van der Waals surface area contributed by atoms with Crippen molar-refractivity contribution in [2.24, 2.45) is 0 Å². The SMILES string of the molecule is CC/C=C\C/C=C\C/C=C\C/C=C\CCCCCCC(=O)OC(COC(=O)CCCC/C=C\C/C=C\C/C=C\C/C=C\CC)COC(=O)CCCCCCCCCCCCCCCCCCCCC/C=C\C/C=C\CCCCCCC. The molecule has 0 N–H and O–H groups in total. The average molecular weight is 1120 g/mol. The first kappa shape index (κ1) is 76.8. The van der Waals surface area contributed by atoms with Gasteiger partial charge < -0.3 is 14.2 Å². The first-order chi connectivity index (χ1) is 40.0. The van der Waals surface area contributed by atoms with Crippen LogP contribution < -0.4 is 0 Å². The van der Waals surface area contributed by atoms with Gasteiger partial charge in [-0.1, -0.05) is 290 Å². The standard InChI is InChI=1S/C75H126O6/c1-4-7-10-13-16-19-22-25-28-30-31-32-33-34-35-36-37-38-39-40-41-42-43-45-47-50-53-56-59-62-65-68-74(77)80-71-72(70-79-73(76)67-64-61-58-55-52-49-46-27-24-21-18-15-12-9-6-3)81-75(78)69-66-63-60-57-54-51-48-44-29-26-23-20-17-14-11-8-5-2/h8-9,11-12,17-18,20-22,25-27,29-31,46,48,51-52,55,72H,4-7,10,13-16,19,23-24,28,32-45,47,49-50,53-54,56-71H2,1-3H3/b11-8-,12-9-,20-17-,21-18-,25-22-,29-26-,31-30-,46-27-,51-48-,55-52-. The topological polar surface area (TPSA) is 78.9 Å². The Kier molecular flexibility index (Phi) is 64.8. The van der Waals surface area contributed by atoms with E-state index in [4.69, 9.17) is 14.2 Å². The third kappa shape index (κ3) is 66.5. The molecule has 0 amide bonds. The van der Waals surface area contributed by atoms with Crippen LogP contribution in [0.25, 0.3) is 0 Å². The third-order valence-corrected chi connectivity index (χ3v) is 14.4. The molecular weight excluding hydrogens is 997 g/mol. The molecule has 0 aliphatic rings. The summed E-state index contributed by atoms with van der Waals surface area (Å²) in [6.45, 7) is 6.37. The zero-order valence-electron chi connectivity index (χ0n) is 53.0. The molecule has 0 spiro atoms. The fraction of sp³-hybridized carbons (Fsp3) is 0.693. The predicted octanol–water partition coefficient (Wildman–Crippen LogP) is 23.6. The lowest BCUT2D eigenvalue weighted by molar-refractivity contribution is -0.167. The molecule has 0 rings (SSSR count). The second kappa shape index (κ2) is 68.3. The van der Waals surface area contributed by atoms with Crippen molar-refractivity contribution in [2.45, 2.75) is 322 Å². The highest BCUT2D eigenvalue weighted by atomic mass is 16.6. The number of unbranched alkanes of at least 4 members (excludes halogenated alkanes) is 30. The van der Waals surface area contributed by atoms with Crippen LogP contribution in [0.4, 0.5) is 0 Å². The van der Waals surface area contributed by atoms with E-state index in [9.17, 15) is 14.4 Å². The number of hydrogen-bond acceptors (Lipinski definition) is 6. The van der Waals surface area contributed by atoms with Crippen LogP contribution in [0.3, 0.4) is 0 Å². The Morgan fingerprint density at radius 1 is 0.259 bits per heavy atom. The molecule has 1 unspecified atom stereocenters. The van der Waals surface area contributed by atoms with Gasteiger partial charge in [0.25, 0.3) is 0 Å². The van der Waals surface area contributed by atoms with Crippen molar-refractivity contribution in [3.63, 3.8) is 0 Å². The molecule has 0 bridgehead atoms. The number of hydrogen-bond donors (Lipinski definition) is 0. The van der Waals surface area contributed by atoms with Crippen LogP contribution >= 0.6 is 0 Å². The van der Waals surface area contributed by atoms with Crippen LogP contribution in [-0.4, -0.2) is 37.2 Å². The normalized spacial score (nSPS) is 12.9. The van der Waals surface area contributed by atoms with Gasteiger partial charge in [-0.2, -0.15) is 0 Å². The van der Waals surface area contributed by atoms with Crippen LogP contribution in [0.5, 0.6) is 0 Å². The number of allylic oxidation sites excluding steroid dienone is 20. The van der Waals surface area contributed by atoms with Crippen molar-refractivity contribution >= 4 is 17.9 Å². The van der Waals surface area contributed by atoms with E-state index in [0.717, 1.165) is 128 Å². The lowest BCUT2D eigenvalue weighted by Gasteiger charge is -2.18. The Morgan fingerprint density at radius 3 is 0.778 bits per heavy atom. The van der Waals surface area contributed by atoms with Crippen molar-refractivity contribution in [1.82, 2.24) is 0 Å². The van der Waals surface area contributed by atoms with Crippen molar-refractivity contribution < 1.29 is 28.6 Å². The van der Waals surface area contributed by atoms with E-state index in [-0.39, 0.29) is 37.5 Å². The fourth-order valence-electron chi connectivity index (χ4n) is 9.40. The molecule has 6 nitrogen and oxygen atoms in total. The van der Waals surface area contributed by atoms with Gasteiger partial charge in [-0.25, -0.2) is 0 Å². The van der Waals surface area contributed by atoms with E-state index in [1.54, 1.807) is 0 Å². The quantitative estimate of drug-likeness (QED) is 0.0261. The number of rotatable bonds is 61. The Balaban J connectivity index is 4.27. The smallest absolute Gasteiger partial charge is 0.306 e. The number of ether oxygens (including phenoxy) is 3. The largest absolute Gasteiger partial charge is 0.462 e. The van der Waals surface area contributed by atoms with Crippen LogP contribution in [-0.2, 0) is 28.6 Å². The molecule has 0 saturated carbocycles. The Labute approximate surface area is 501 Å². The molecule has 0 saturated heterocycles. The average Bonchev–Trinajstić information content (AvgIpc) is 3.47. The van der Waals surface area contributed by atoms with Gasteiger partial charge in [-0.3, -0.25) is 14.4 Å². The van der Waals surface area contributed by atoms with Crippen molar-refractivity contribution in [2.75, 3.05) is 13.2 Å². The first-order valence-corrected chi connectivity index (χ1v) is 34.0. The molecular formula is C75H126O6. The first-order valence-electron chi connectivity index (χ1n) is 34.0. The van der Waals surface area contributed by atoms with Gasteiger partial charge in [0, 0.05) is 19.3 Å². The van der Waals surface area contributed by atoms with Crippen LogP contribution in [0.15, 0.2) is 122 Å². The summed E-state index contributed by atoms with van der Waals surface area (Å²) in [5.74, 6) is -0.962. The summed E-state index contributed by atoms with van der Waals surface area (Å²) in [5, 5.41) is 0. The van der Waals surface area contributed by atoms with Gasteiger partial charge in [0.15, 0.2) is 6.10 Å². The molecule has 0 aromatic carbocycles. The van der Waals surface area contributed by atoms with E-state index in [1.165, 1.54) is 148 Å². The molecule has 0 heterocycles. The van der Waals surface area contributed by atoms with Crippen LogP contribution in [0.2, 0.25) is 0 Å². The number of carbonyl (C=O) groups is 3. The zero-order chi connectivity index (χ0) is 58.5. The van der Waals surface area contributed by atoms with E-state index in [1.807, 2.05) is 0 Å². The Bertz CT molecular complexity index is 1670. The third-order valence-electron chi connectivity index (χ3n) is 14.4. The van der Waals surface area contributed by atoms with E-state index >= 15 is 0 Å². The molecule has 6 heteroatoms. The zero-order valence-corrected chi connectivity index (χ0v) is 53.0. The summed E-state index contributed by atoms with van der Waals surface area (Å²) in [7, 11) is 0. The Morgan fingerprint density at radius 2 is 0.481 bits per heavy atom. The minimum atomic E-state index is -0.812. The van der Waals surface area contributed by atoms with E-state index < -0.39 is 6.10 Å². The maximum absolute atomic E-state index is 12.9. The highest BCUT2D eigenvalue weighted by molar-refractivity contribution is 5.71. The second-order valence-electron chi connectivity index (χ2n) is 22.3. The molecule has 462 valence electrons. The summed E-state index contributed by atoms with van der Waals surface area (Å²) < 4.78 is 16.9. The van der Waals surface area contributed by atoms with E-state index in [2.05, 4.69) is 142 Å². The van der Waals surface area contributed by atoms with Crippen LogP contribution in [0, 0.1) is 0 Å². The second-order valence-corrected chi connectivity index (χ2v) is 22.3. The van der Waals surface area contributed by atoms with Crippen LogP contribution in [0.1, 0.15) is 316 Å². The lowest BCUT2D eigenvalue weighted by Crippen LogP contribution is -2.30. The molecule has 81 heavy (non-hydrogen) atoms. The summed E-state index contributed by atoms with van der Waals surface area (Å²) in [6.07, 6.45) is 95.2. The summed E-state index contributed by atoms with van der Waals surface area (Å²) in [6, 6.07) is 0. The predicted molar refractivity (Wildman–Crippen MR) is 353 cm³/mol. The number of carbonyl (C=O) groups excluding carboxylic acids is 3. The monoisotopic (exact) mass is 1120 g/mol. The van der Waals surface area contributed by atoms with Crippen molar-refractivity contribution in [1.29, 1.82) is 0 Å². The maximum atomic E-state index is 12.9. The van der Waals surface area contributed by atoms with Gasteiger partial charge in [0.2, 0.25) is 0 Å². The van der Waals surface area contributed by atoms with Gasteiger partial charge in [-0.05, 0) is 128 Å². The molecule has 0 aliphatic carbocycles. The van der Waals surface area contributed by atoms with Crippen molar-refractivity contribution in [3.8, 4) is 0 Å². The summed E-state index contributed by atoms with van der Waals surface area (Å²) >= 11 is 0. The van der Waals surface area contributed by atoms with Crippen molar-refractivity contribution in [3.05, 3.63) is 122 Å². The van der Waals surface area contributed by atoms with Gasteiger partial charge >= 0.3 is 17.9 Å². The van der Waals surface area contributed by atoms with Gasteiger partial charge in [-0.15, -0.1) is 0 Å². The van der Waals surface area contributed by atoms with E-state index in [0.29, 0.717) is 12.8 Å². The molecule has 1 atom stereocenters. The molecule has 0 radical (unpaired) electrons. The minimum Gasteiger partial charge on any atom is -0.462 e. The summed E-state index contributed by atoms with van der Waals surface area (Å²) in [4.78, 5) is 38.3. The summed E-state index contributed by atoms with van der Waals surface area (Å²) in [5.41, 5.74) is 0. The molecule has 0 aliphatic heterocycles. The Hall–Kier alpha value is -4.19. The maximum Gasteiger partial charge on any atom is 0.306 e. The molecule has 0 aromatic heterocycles. The number of esters is 3.